The highest BCUT2D eigenvalue weighted by atomic mass is 16.3. The van der Waals surface area contributed by atoms with Crippen LogP contribution < -0.4 is 5.32 Å². The number of benzene rings is 1. The number of hydrogen-bond acceptors (Lipinski definition) is 3. The van der Waals surface area contributed by atoms with Crippen LogP contribution >= 0.6 is 0 Å². The van der Waals surface area contributed by atoms with Crippen molar-refractivity contribution in [2.75, 3.05) is 6.54 Å². The molecule has 76 valence electrons. The third kappa shape index (κ3) is 1.88. The summed E-state index contributed by atoms with van der Waals surface area (Å²) in [5.41, 5.74) is 1.91. The summed E-state index contributed by atoms with van der Waals surface area (Å²) in [7, 11) is 0. The Balaban J connectivity index is 2.27. The summed E-state index contributed by atoms with van der Waals surface area (Å²) in [5, 5.41) is 2.69. The molecule has 15 heavy (non-hydrogen) atoms. The van der Waals surface area contributed by atoms with E-state index in [2.05, 4.69) is 16.9 Å². The number of amides is 1. The molecule has 1 N–H and O–H groups in total. The lowest BCUT2D eigenvalue weighted by Crippen LogP contribution is -2.22. The van der Waals surface area contributed by atoms with E-state index in [4.69, 9.17) is 4.42 Å². The molecule has 0 radical (unpaired) electrons. The third-order valence-electron chi connectivity index (χ3n) is 2.00. The van der Waals surface area contributed by atoms with E-state index in [0.29, 0.717) is 17.7 Å². The van der Waals surface area contributed by atoms with E-state index < -0.39 is 0 Å². The standard InChI is InChI=1S/C11H10N2O2/c1-2-5-12-11(14)8-3-4-9-10(6-8)15-7-13-9/h2-4,6-7H,1,5H2,(H,12,14). The molecule has 2 aromatic rings. The van der Waals surface area contributed by atoms with Gasteiger partial charge in [0.25, 0.3) is 5.91 Å². The number of fused-ring (bicyclic) bond motifs is 1. The second kappa shape index (κ2) is 3.96. The third-order valence-corrected chi connectivity index (χ3v) is 2.00. The van der Waals surface area contributed by atoms with E-state index in [0.717, 1.165) is 5.52 Å². The highest BCUT2D eigenvalue weighted by Gasteiger charge is 2.06. The number of nitrogens with one attached hydrogen (secondary N) is 1. The molecule has 1 aromatic heterocycles. The molecule has 0 bridgehead atoms. The highest BCUT2D eigenvalue weighted by molar-refractivity contribution is 5.96. The zero-order valence-corrected chi connectivity index (χ0v) is 8.06. The second-order valence-electron chi connectivity index (χ2n) is 3.03. The number of rotatable bonds is 3. The van der Waals surface area contributed by atoms with Crippen LogP contribution in [0.2, 0.25) is 0 Å². The van der Waals surface area contributed by atoms with E-state index in [-0.39, 0.29) is 5.91 Å². The first-order valence-electron chi connectivity index (χ1n) is 4.53. The maximum Gasteiger partial charge on any atom is 0.251 e. The first-order valence-corrected chi connectivity index (χ1v) is 4.53. The molecule has 0 unspecified atom stereocenters. The van der Waals surface area contributed by atoms with Crippen molar-refractivity contribution >= 4 is 17.0 Å². The Morgan fingerprint density at radius 1 is 1.60 bits per heavy atom. The van der Waals surface area contributed by atoms with Gasteiger partial charge in [-0.2, -0.15) is 0 Å². The molecular weight excluding hydrogens is 192 g/mol. The molecule has 0 aliphatic rings. The van der Waals surface area contributed by atoms with Gasteiger partial charge in [0.1, 0.15) is 5.52 Å². The molecule has 0 spiro atoms. The minimum absolute atomic E-state index is 0.145. The maximum absolute atomic E-state index is 11.5. The van der Waals surface area contributed by atoms with Gasteiger partial charge in [-0.25, -0.2) is 4.98 Å². The lowest BCUT2D eigenvalue weighted by atomic mass is 10.2. The van der Waals surface area contributed by atoms with Crippen molar-refractivity contribution in [3.8, 4) is 0 Å². The van der Waals surface area contributed by atoms with Crippen molar-refractivity contribution < 1.29 is 9.21 Å². The summed E-state index contributed by atoms with van der Waals surface area (Å²) in [6.07, 6.45) is 2.99. The average Bonchev–Trinajstić information content (AvgIpc) is 2.72. The van der Waals surface area contributed by atoms with Gasteiger partial charge in [0, 0.05) is 12.1 Å². The molecule has 0 aliphatic heterocycles. The summed E-state index contributed by atoms with van der Waals surface area (Å²) in [6, 6.07) is 5.13. The fourth-order valence-corrected chi connectivity index (χ4v) is 1.26. The first-order chi connectivity index (χ1) is 7.31. The van der Waals surface area contributed by atoms with Crippen molar-refractivity contribution in [2.45, 2.75) is 0 Å². The van der Waals surface area contributed by atoms with Gasteiger partial charge in [0.2, 0.25) is 0 Å². The minimum Gasteiger partial charge on any atom is -0.443 e. The highest BCUT2D eigenvalue weighted by Crippen LogP contribution is 2.13. The second-order valence-corrected chi connectivity index (χ2v) is 3.03. The Labute approximate surface area is 86.6 Å². The predicted octanol–water partition coefficient (Wildman–Crippen LogP) is 1.74. The zero-order valence-electron chi connectivity index (χ0n) is 8.06. The normalized spacial score (nSPS) is 10.1. The molecule has 4 heteroatoms. The van der Waals surface area contributed by atoms with Crippen LogP contribution in [0, 0.1) is 0 Å². The van der Waals surface area contributed by atoms with Crippen molar-refractivity contribution in [1.29, 1.82) is 0 Å². The van der Waals surface area contributed by atoms with Crippen molar-refractivity contribution in [3.63, 3.8) is 0 Å². The Hall–Kier alpha value is -2.10. The minimum atomic E-state index is -0.145. The Bertz CT molecular complexity index is 502. The molecule has 1 aromatic carbocycles. The quantitative estimate of drug-likeness (QED) is 0.771. The van der Waals surface area contributed by atoms with Gasteiger partial charge in [0.05, 0.1) is 0 Å². The number of nitrogens with zero attached hydrogens (tertiary/aromatic N) is 1. The fraction of sp³-hybridized carbons (Fsp3) is 0.0909. The number of carbonyl (C=O) groups is 1. The van der Waals surface area contributed by atoms with Crippen LogP contribution in [0.3, 0.4) is 0 Å². The average molecular weight is 202 g/mol. The van der Waals surface area contributed by atoms with Crippen LogP contribution in [0.15, 0.2) is 41.7 Å². The smallest absolute Gasteiger partial charge is 0.251 e. The van der Waals surface area contributed by atoms with E-state index >= 15 is 0 Å². The molecule has 0 saturated carbocycles. The maximum atomic E-state index is 11.5. The van der Waals surface area contributed by atoms with Gasteiger partial charge in [-0.1, -0.05) is 6.08 Å². The zero-order chi connectivity index (χ0) is 10.7. The lowest BCUT2D eigenvalue weighted by molar-refractivity contribution is 0.0958. The largest absolute Gasteiger partial charge is 0.443 e. The summed E-state index contributed by atoms with van der Waals surface area (Å²) in [4.78, 5) is 15.5. The predicted molar refractivity (Wildman–Crippen MR) is 56.5 cm³/mol. The van der Waals surface area contributed by atoms with Gasteiger partial charge in [-0.3, -0.25) is 4.79 Å². The van der Waals surface area contributed by atoms with Gasteiger partial charge in [0.15, 0.2) is 12.0 Å². The number of oxazole rings is 1. The van der Waals surface area contributed by atoms with Crippen LogP contribution in [0.4, 0.5) is 0 Å². The van der Waals surface area contributed by atoms with Gasteiger partial charge >= 0.3 is 0 Å². The lowest BCUT2D eigenvalue weighted by Gasteiger charge is -2.01. The fourth-order valence-electron chi connectivity index (χ4n) is 1.26. The molecule has 1 amide bonds. The SMILES string of the molecule is C=CCNC(=O)c1ccc2ncoc2c1. The number of hydrogen-bond donors (Lipinski definition) is 1. The molecule has 0 aliphatic carbocycles. The van der Waals surface area contributed by atoms with Gasteiger partial charge in [-0.05, 0) is 18.2 Å². The first kappa shape index (κ1) is 9.45. The summed E-state index contributed by atoms with van der Waals surface area (Å²) in [5.74, 6) is -0.145. The molecule has 1 heterocycles. The topological polar surface area (TPSA) is 55.1 Å². The van der Waals surface area contributed by atoms with Crippen LogP contribution in [0.1, 0.15) is 10.4 Å². The summed E-state index contributed by atoms with van der Waals surface area (Å²) >= 11 is 0. The summed E-state index contributed by atoms with van der Waals surface area (Å²) in [6.45, 7) is 3.98. The van der Waals surface area contributed by atoms with E-state index in [9.17, 15) is 4.79 Å². The van der Waals surface area contributed by atoms with Crippen LogP contribution in [-0.2, 0) is 0 Å². The monoisotopic (exact) mass is 202 g/mol. The van der Waals surface area contributed by atoms with Crippen molar-refractivity contribution in [1.82, 2.24) is 10.3 Å². The molecule has 0 fully saturated rings. The van der Waals surface area contributed by atoms with Crippen molar-refractivity contribution in [3.05, 3.63) is 42.8 Å². The molecule has 0 atom stereocenters. The Kier molecular flexibility index (Phi) is 2.49. The van der Waals surface area contributed by atoms with E-state index in [1.165, 1.54) is 6.39 Å². The molecule has 2 rings (SSSR count). The number of aromatic nitrogens is 1. The molecule has 4 nitrogen and oxygen atoms in total. The van der Waals surface area contributed by atoms with Gasteiger partial charge in [-0.15, -0.1) is 6.58 Å². The van der Waals surface area contributed by atoms with Gasteiger partial charge < -0.3 is 9.73 Å². The molecular formula is C11H10N2O2. The van der Waals surface area contributed by atoms with Crippen molar-refractivity contribution in [2.24, 2.45) is 0 Å². The van der Waals surface area contributed by atoms with E-state index in [1.54, 1.807) is 24.3 Å². The number of carbonyl (C=O) groups excluding carboxylic acids is 1. The van der Waals surface area contributed by atoms with E-state index in [1.807, 2.05) is 0 Å². The Morgan fingerprint density at radius 2 is 2.47 bits per heavy atom. The van der Waals surface area contributed by atoms with Crippen LogP contribution in [0.5, 0.6) is 0 Å². The van der Waals surface area contributed by atoms with Crippen LogP contribution in [0.25, 0.3) is 11.1 Å². The van der Waals surface area contributed by atoms with Crippen LogP contribution in [-0.4, -0.2) is 17.4 Å². The summed E-state index contributed by atoms with van der Waals surface area (Å²) < 4.78 is 5.10. The molecule has 0 saturated heterocycles. The Morgan fingerprint density at radius 3 is 3.27 bits per heavy atom.